The van der Waals surface area contributed by atoms with Gasteiger partial charge in [-0.25, -0.2) is 0 Å². The van der Waals surface area contributed by atoms with Gasteiger partial charge < -0.3 is 5.43 Å². The van der Waals surface area contributed by atoms with E-state index in [9.17, 15) is 0 Å². The lowest BCUT2D eigenvalue weighted by molar-refractivity contribution is 0.291. The zero-order valence-electron chi connectivity index (χ0n) is 7.23. The number of nitrogens with one attached hydrogen (secondary N) is 1. The van der Waals surface area contributed by atoms with Gasteiger partial charge in [0.25, 0.3) is 0 Å². The summed E-state index contributed by atoms with van der Waals surface area (Å²) in [6.07, 6.45) is 1.10. The molecule has 0 aromatic rings. The molecule has 1 heterocycles. The largest absolute Gasteiger partial charge is 0.306 e. The Morgan fingerprint density at radius 2 is 2.10 bits per heavy atom. The Balaban J connectivity index is 2.50. The summed E-state index contributed by atoms with van der Waals surface area (Å²) in [6, 6.07) is 0.535. The van der Waals surface area contributed by atoms with Crippen molar-refractivity contribution < 1.29 is 0 Å². The molecule has 1 atom stereocenters. The van der Waals surface area contributed by atoms with E-state index in [1.165, 1.54) is 5.71 Å². The molecule has 2 nitrogen and oxygen atoms in total. The zero-order valence-corrected chi connectivity index (χ0v) is 7.23. The van der Waals surface area contributed by atoms with Crippen molar-refractivity contribution in [2.75, 3.05) is 0 Å². The predicted octanol–water partition coefficient (Wildman–Crippen LogP) is 1.77. The lowest BCUT2D eigenvalue weighted by atomic mass is 9.85. The Labute approximate surface area is 62.7 Å². The maximum absolute atomic E-state index is 4.15. The Bertz CT molecular complexity index is 153. The SMILES string of the molecule is CC1=NNC(C(C)(C)C)C1. The lowest BCUT2D eigenvalue weighted by Crippen LogP contribution is -2.34. The fraction of sp³-hybridized carbons (Fsp3) is 0.875. The molecule has 0 saturated carbocycles. The van der Waals surface area contributed by atoms with Crippen LogP contribution >= 0.6 is 0 Å². The molecule has 1 aliphatic rings. The predicted molar refractivity (Wildman–Crippen MR) is 44.1 cm³/mol. The third kappa shape index (κ3) is 1.49. The van der Waals surface area contributed by atoms with Crippen LogP contribution in [0, 0.1) is 5.41 Å². The van der Waals surface area contributed by atoms with Crippen LogP contribution < -0.4 is 5.43 Å². The molecule has 1 aliphatic heterocycles. The summed E-state index contributed by atoms with van der Waals surface area (Å²) >= 11 is 0. The number of hydrogen-bond donors (Lipinski definition) is 1. The van der Waals surface area contributed by atoms with Crippen LogP contribution in [0.15, 0.2) is 5.10 Å². The van der Waals surface area contributed by atoms with Gasteiger partial charge in [0.05, 0.1) is 6.04 Å². The van der Waals surface area contributed by atoms with E-state index in [1.54, 1.807) is 0 Å². The summed E-state index contributed by atoms with van der Waals surface area (Å²) in [4.78, 5) is 0. The van der Waals surface area contributed by atoms with E-state index < -0.39 is 0 Å². The minimum absolute atomic E-state index is 0.335. The van der Waals surface area contributed by atoms with Crippen LogP contribution in [-0.4, -0.2) is 11.8 Å². The maximum atomic E-state index is 4.15. The van der Waals surface area contributed by atoms with E-state index in [0.717, 1.165) is 6.42 Å². The minimum Gasteiger partial charge on any atom is -0.306 e. The third-order valence-electron chi connectivity index (χ3n) is 1.96. The van der Waals surface area contributed by atoms with Crippen molar-refractivity contribution in [2.24, 2.45) is 10.5 Å². The summed E-state index contributed by atoms with van der Waals surface area (Å²) in [5.74, 6) is 0. The van der Waals surface area contributed by atoms with Gasteiger partial charge in [0.15, 0.2) is 0 Å². The number of hydrazone groups is 1. The van der Waals surface area contributed by atoms with E-state index >= 15 is 0 Å². The first kappa shape index (κ1) is 7.58. The van der Waals surface area contributed by atoms with Crippen LogP contribution in [0.2, 0.25) is 0 Å². The van der Waals surface area contributed by atoms with Gasteiger partial charge in [-0.3, -0.25) is 0 Å². The molecule has 0 aromatic carbocycles. The molecule has 1 rings (SSSR count). The van der Waals surface area contributed by atoms with Crippen molar-refractivity contribution in [2.45, 2.75) is 40.2 Å². The van der Waals surface area contributed by atoms with Crippen LogP contribution in [0.3, 0.4) is 0 Å². The normalized spacial score (nSPS) is 26.0. The molecule has 0 amide bonds. The van der Waals surface area contributed by atoms with Crippen molar-refractivity contribution in [3.05, 3.63) is 0 Å². The molecule has 0 fully saturated rings. The van der Waals surface area contributed by atoms with Crippen LogP contribution in [0.25, 0.3) is 0 Å². The van der Waals surface area contributed by atoms with Crippen molar-refractivity contribution in [3.8, 4) is 0 Å². The second-order valence-electron chi connectivity index (χ2n) is 4.10. The van der Waals surface area contributed by atoms with Crippen LogP contribution in [0.1, 0.15) is 34.1 Å². The molecule has 1 N–H and O–H groups in total. The first-order valence-electron chi connectivity index (χ1n) is 3.79. The molecule has 0 saturated heterocycles. The maximum Gasteiger partial charge on any atom is 0.0541 e. The van der Waals surface area contributed by atoms with Gasteiger partial charge in [-0.05, 0) is 12.3 Å². The fourth-order valence-corrected chi connectivity index (χ4v) is 1.07. The smallest absolute Gasteiger partial charge is 0.0541 e. The van der Waals surface area contributed by atoms with E-state index in [2.05, 4.69) is 38.2 Å². The summed E-state index contributed by atoms with van der Waals surface area (Å²) < 4.78 is 0. The van der Waals surface area contributed by atoms with Gasteiger partial charge in [0.2, 0.25) is 0 Å². The van der Waals surface area contributed by atoms with E-state index in [1.807, 2.05) is 0 Å². The molecular formula is C8H16N2. The van der Waals surface area contributed by atoms with E-state index in [4.69, 9.17) is 0 Å². The second-order valence-corrected chi connectivity index (χ2v) is 4.10. The minimum atomic E-state index is 0.335. The highest BCUT2D eigenvalue weighted by atomic mass is 15.3. The highest BCUT2D eigenvalue weighted by Crippen LogP contribution is 2.24. The van der Waals surface area contributed by atoms with E-state index in [0.29, 0.717) is 11.5 Å². The molecule has 0 aromatic heterocycles. The van der Waals surface area contributed by atoms with Crippen LogP contribution in [-0.2, 0) is 0 Å². The number of nitrogens with zero attached hydrogens (tertiary/aromatic N) is 1. The van der Waals surface area contributed by atoms with Gasteiger partial charge in [-0.1, -0.05) is 20.8 Å². The first-order chi connectivity index (χ1) is 4.50. The van der Waals surface area contributed by atoms with Gasteiger partial charge in [-0.2, -0.15) is 5.10 Å². The molecular weight excluding hydrogens is 124 g/mol. The number of hydrogen-bond acceptors (Lipinski definition) is 2. The lowest BCUT2D eigenvalue weighted by Gasteiger charge is -2.25. The van der Waals surface area contributed by atoms with Crippen molar-refractivity contribution >= 4 is 5.71 Å². The molecule has 0 radical (unpaired) electrons. The highest BCUT2D eigenvalue weighted by Gasteiger charge is 2.27. The summed E-state index contributed by atoms with van der Waals surface area (Å²) in [7, 11) is 0. The molecule has 2 heteroatoms. The molecule has 0 aliphatic carbocycles. The Hall–Kier alpha value is -0.530. The van der Waals surface area contributed by atoms with Gasteiger partial charge >= 0.3 is 0 Å². The van der Waals surface area contributed by atoms with Crippen molar-refractivity contribution in [3.63, 3.8) is 0 Å². The van der Waals surface area contributed by atoms with E-state index in [-0.39, 0.29) is 0 Å². The molecule has 1 unspecified atom stereocenters. The summed E-state index contributed by atoms with van der Waals surface area (Å²) in [5.41, 5.74) is 4.69. The van der Waals surface area contributed by atoms with Crippen LogP contribution in [0.5, 0.6) is 0 Å². The Morgan fingerprint density at radius 1 is 1.50 bits per heavy atom. The van der Waals surface area contributed by atoms with Gasteiger partial charge in [0, 0.05) is 12.1 Å². The van der Waals surface area contributed by atoms with Gasteiger partial charge in [-0.15, -0.1) is 0 Å². The molecule has 0 spiro atoms. The average molecular weight is 140 g/mol. The van der Waals surface area contributed by atoms with Crippen molar-refractivity contribution in [1.82, 2.24) is 5.43 Å². The summed E-state index contributed by atoms with van der Waals surface area (Å²) in [6.45, 7) is 8.77. The fourth-order valence-electron chi connectivity index (χ4n) is 1.07. The third-order valence-corrected chi connectivity index (χ3v) is 1.96. The Kier molecular flexibility index (Phi) is 1.71. The zero-order chi connectivity index (χ0) is 7.78. The molecule has 0 bridgehead atoms. The Morgan fingerprint density at radius 3 is 2.30 bits per heavy atom. The molecule has 58 valence electrons. The quantitative estimate of drug-likeness (QED) is 0.545. The van der Waals surface area contributed by atoms with Gasteiger partial charge in [0.1, 0.15) is 0 Å². The van der Waals surface area contributed by atoms with Crippen molar-refractivity contribution in [1.29, 1.82) is 0 Å². The summed E-state index contributed by atoms with van der Waals surface area (Å²) in [5, 5.41) is 4.15. The topological polar surface area (TPSA) is 24.4 Å². The van der Waals surface area contributed by atoms with Crippen LogP contribution in [0.4, 0.5) is 0 Å². The monoisotopic (exact) mass is 140 g/mol. The highest BCUT2D eigenvalue weighted by molar-refractivity contribution is 5.83. The second kappa shape index (κ2) is 2.26. The average Bonchev–Trinajstić information content (AvgIpc) is 2.11. The first-order valence-corrected chi connectivity index (χ1v) is 3.79. The molecule has 10 heavy (non-hydrogen) atoms. The standard InChI is InChI=1S/C8H16N2/c1-6-5-7(10-9-6)8(2,3)4/h7,10H,5H2,1-4H3. The number of rotatable bonds is 0.